The lowest BCUT2D eigenvalue weighted by Gasteiger charge is -2.27. The van der Waals surface area contributed by atoms with E-state index < -0.39 is 0 Å². The maximum Gasteiger partial charge on any atom is 0.242 e. The quantitative estimate of drug-likeness (QED) is 0.821. The normalized spacial score (nSPS) is 15.9. The van der Waals surface area contributed by atoms with Crippen LogP contribution in [0.15, 0.2) is 30.5 Å². The fraction of sp³-hybridized carbons (Fsp3) is 0.357. The van der Waals surface area contributed by atoms with Gasteiger partial charge in [0.05, 0.1) is 24.4 Å². The molecule has 1 fully saturated rings. The third kappa shape index (κ3) is 2.29. The van der Waals surface area contributed by atoms with Gasteiger partial charge in [-0.1, -0.05) is 12.1 Å². The average Bonchev–Trinajstić information content (AvgIpc) is 2.84. The monoisotopic (exact) mass is 259 g/mol. The van der Waals surface area contributed by atoms with Crippen LogP contribution in [0.3, 0.4) is 0 Å². The predicted molar refractivity (Wildman–Crippen MR) is 73.7 cm³/mol. The number of carbonyl (C=O) groups is 1. The fourth-order valence-electron chi connectivity index (χ4n) is 2.48. The number of nitrogens with two attached hydrogens (primary N) is 1. The molecule has 100 valence electrons. The van der Waals surface area contributed by atoms with Crippen LogP contribution in [-0.4, -0.2) is 41.7 Å². The van der Waals surface area contributed by atoms with Crippen molar-refractivity contribution in [3.8, 4) is 0 Å². The van der Waals surface area contributed by atoms with E-state index in [-0.39, 0.29) is 5.91 Å². The zero-order chi connectivity index (χ0) is 13.2. The molecule has 0 saturated carbocycles. The molecule has 1 aromatic heterocycles. The molecular weight excluding hydrogens is 242 g/mol. The molecule has 1 amide bonds. The highest BCUT2D eigenvalue weighted by Gasteiger charge is 2.17. The molecule has 2 aromatic rings. The van der Waals surface area contributed by atoms with Crippen LogP contribution in [0.5, 0.6) is 0 Å². The zero-order valence-electron chi connectivity index (χ0n) is 10.7. The fourth-order valence-corrected chi connectivity index (χ4v) is 2.48. The van der Waals surface area contributed by atoms with Crippen LogP contribution in [-0.2, 0) is 16.1 Å². The van der Waals surface area contributed by atoms with Crippen molar-refractivity contribution in [2.24, 2.45) is 0 Å². The summed E-state index contributed by atoms with van der Waals surface area (Å²) in [5.41, 5.74) is 7.63. The summed E-state index contributed by atoms with van der Waals surface area (Å²) in [6, 6.07) is 7.77. The second kappa shape index (κ2) is 4.93. The van der Waals surface area contributed by atoms with Crippen LogP contribution in [0.1, 0.15) is 0 Å². The molecule has 0 bridgehead atoms. The van der Waals surface area contributed by atoms with Gasteiger partial charge in [0.25, 0.3) is 0 Å². The highest BCUT2D eigenvalue weighted by molar-refractivity contribution is 5.91. The molecular formula is C14H17N3O2. The van der Waals surface area contributed by atoms with Gasteiger partial charge in [-0.3, -0.25) is 4.79 Å². The van der Waals surface area contributed by atoms with E-state index in [1.807, 2.05) is 39.9 Å². The Morgan fingerprint density at radius 2 is 2.05 bits per heavy atom. The van der Waals surface area contributed by atoms with Crippen LogP contribution < -0.4 is 5.73 Å². The second-order valence-corrected chi connectivity index (χ2v) is 4.72. The van der Waals surface area contributed by atoms with Gasteiger partial charge in [-0.2, -0.15) is 0 Å². The van der Waals surface area contributed by atoms with Crippen molar-refractivity contribution in [1.29, 1.82) is 0 Å². The van der Waals surface area contributed by atoms with Crippen molar-refractivity contribution < 1.29 is 9.53 Å². The zero-order valence-corrected chi connectivity index (χ0v) is 10.7. The molecule has 0 aliphatic carbocycles. The largest absolute Gasteiger partial charge is 0.397 e. The minimum Gasteiger partial charge on any atom is -0.397 e. The molecule has 0 atom stereocenters. The summed E-state index contributed by atoms with van der Waals surface area (Å²) in [6.45, 7) is 2.93. The minimum absolute atomic E-state index is 0.115. The van der Waals surface area contributed by atoms with Gasteiger partial charge in [-0.25, -0.2) is 0 Å². The first-order valence-corrected chi connectivity index (χ1v) is 6.44. The lowest BCUT2D eigenvalue weighted by Crippen LogP contribution is -2.42. The van der Waals surface area contributed by atoms with Gasteiger partial charge in [0.2, 0.25) is 5.91 Å². The SMILES string of the molecule is Nc1cccc2ccn(CC(=O)N3CCOCC3)c12. The topological polar surface area (TPSA) is 60.5 Å². The Hall–Kier alpha value is -2.01. The molecule has 5 heteroatoms. The van der Waals surface area contributed by atoms with E-state index in [2.05, 4.69) is 0 Å². The summed E-state index contributed by atoms with van der Waals surface area (Å²) in [6.07, 6.45) is 1.92. The lowest BCUT2D eigenvalue weighted by atomic mass is 10.2. The molecule has 0 radical (unpaired) electrons. The molecule has 1 saturated heterocycles. The molecule has 1 aliphatic rings. The molecule has 0 spiro atoms. The van der Waals surface area contributed by atoms with Gasteiger partial charge < -0.3 is 19.9 Å². The number of amides is 1. The number of anilines is 1. The van der Waals surface area contributed by atoms with Crippen molar-refractivity contribution in [3.05, 3.63) is 30.5 Å². The minimum atomic E-state index is 0.115. The molecule has 1 aromatic carbocycles. The number of rotatable bonds is 2. The van der Waals surface area contributed by atoms with Gasteiger partial charge in [0.1, 0.15) is 6.54 Å². The molecule has 0 unspecified atom stereocenters. The molecule has 1 aliphatic heterocycles. The standard InChI is InChI=1S/C14H17N3O2/c15-12-3-1-2-11-4-5-17(14(11)12)10-13(18)16-6-8-19-9-7-16/h1-5H,6-10,15H2. The third-order valence-electron chi connectivity index (χ3n) is 3.49. The van der Waals surface area contributed by atoms with Crippen molar-refractivity contribution in [2.75, 3.05) is 32.0 Å². The maximum absolute atomic E-state index is 12.2. The number of benzene rings is 1. The van der Waals surface area contributed by atoms with Crippen molar-refractivity contribution in [2.45, 2.75) is 6.54 Å². The molecule has 2 N–H and O–H groups in total. The summed E-state index contributed by atoms with van der Waals surface area (Å²) in [7, 11) is 0. The van der Waals surface area contributed by atoms with Gasteiger partial charge in [0.15, 0.2) is 0 Å². The first kappa shape index (κ1) is 12.0. The number of aromatic nitrogens is 1. The van der Waals surface area contributed by atoms with Crippen LogP contribution in [0.25, 0.3) is 10.9 Å². The Morgan fingerprint density at radius 3 is 2.84 bits per heavy atom. The Balaban J connectivity index is 1.83. The van der Waals surface area contributed by atoms with Crippen LogP contribution in [0, 0.1) is 0 Å². The van der Waals surface area contributed by atoms with Crippen LogP contribution >= 0.6 is 0 Å². The van der Waals surface area contributed by atoms with Gasteiger partial charge in [-0.05, 0) is 12.1 Å². The Labute approximate surface area is 111 Å². The highest BCUT2D eigenvalue weighted by atomic mass is 16.5. The summed E-state index contributed by atoms with van der Waals surface area (Å²) < 4.78 is 7.17. The van der Waals surface area contributed by atoms with Crippen molar-refractivity contribution >= 4 is 22.5 Å². The number of ether oxygens (including phenoxy) is 1. The van der Waals surface area contributed by atoms with E-state index in [0.717, 1.165) is 10.9 Å². The molecule has 5 nitrogen and oxygen atoms in total. The van der Waals surface area contributed by atoms with E-state index in [0.29, 0.717) is 38.5 Å². The number of nitrogen functional groups attached to an aromatic ring is 1. The summed E-state index contributed by atoms with van der Waals surface area (Å²) >= 11 is 0. The highest BCUT2D eigenvalue weighted by Crippen LogP contribution is 2.22. The summed E-state index contributed by atoms with van der Waals surface area (Å²) in [4.78, 5) is 14.1. The number of fused-ring (bicyclic) bond motifs is 1. The van der Waals surface area contributed by atoms with E-state index in [9.17, 15) is 4.79 Å². The van der Waals surface area contributed by atoms with E-state index in [1.54, 1.807) is 0 Å². The predicted octanol–water partition coefficient (Wildman–Crippen LogP) is 1.08. The molecule has 2 heterocycles. The molecule has 3 rings (SSSR count). The van der Waals surface area contributed by atoms with Crippen molar-refractivity contribution in [1.82, 2.24) is 9.47 Å². The van der Waals surface area contributed by atoms with E-state index in [1.165, 1.54) is 0 Å². The number of carbonyl (C=O) groups excluding carboxylic acids is 1. The van der Waals surface area contributed by atoms with Gasteiger partial charge in [-0.15, -0.1) is 0 Å². The average molecular weight is 259 g/mol. The Bertz CT molecular complexity index is 600. The summed E-state index contributed by atoms with van der Waals surface area (Å²) in [5, 5.41) is 1.06. The maximum atomic E-state index is 12.2. The first-order chi connectivity index (χ1) is 9.25. The van der Waals surface area contributed by atoms with E-state index >= 15 is 0 Å². The van der Waals surface area contributed by atoms with Crippen molar-refractivity contribution in [3.63, 3.8) is 0 Å². The summed E-state index contributed by atoms with van der Waals surface area (Å²) in [5.74, 6) is 0.115. The lowest BCUT2D eigenvalue weighted by molar-refractivity contribution is -0.135. The number of nitrogens with zero attached hydrogens (tertiary/aromatic N) is 2. The van der Waals surface area contributed by atoms with E-state index in [4.69, 9.17) is 10.5 Å². The number of hydrogen-bond acceptors (Lipinski definition) is 3. The Morgan fingerprint density at radius 1 is 1.26 bits per heavy atom. The second-order valence-electron chi connectivity index (χ2n) is 4.72. The first-order valence-electron chi connectivity index (χ1n) is 6.44. The number of para-hydroxylation sites is 1. The third-order valence-corrected chi connectivity index (χ3v) is 3.49. The number of morpholine rings is 1. The van der Waals surface area contributed by atoms with Crippen LogP contribution in [0.4, 0.5) is 5.69 Å². The van der Waals surface area contributed by atoms with Gasteiger partial charge >= 0.3 is 0 Å². The Kier molecular flexibility index (Phi) is 3.13. The van der Waals surface area contributed by atoms with Crippen LogP contribution in [0.2, 0.25) is 0 Å². The molecule has 19 heavy (non-hydrogen) atoms. The number of hydrogen-bond donors (Lipinski definition) is 1. The van der Waals surface area contributed by atoms with Gasteiger partial charge in [0, 0.05) is 24.7 Å². The smallest absolute Gasteiger partial charge is 0.242 e.